The van der Waals surface area contributed by atoms with Gasteiger partial charge in [0, 0.05) is 12.5 Å². The molecule has 0 radical (unpaired) electrons. The highest BCUT2D eigenvalue weighted by Gasteiger charge is 2.35. The summed E-state index contributed by atoms with van der Waals surface area (Å²) < 4.78 is 29.6. The number of benzene rings is 1. The van der Waals surface area contributed by atoms with Gasteiger partial charge in [0.25, 0.3) is 10.1 Å². The van der Waals surface area contributed by atoms with Gasteiger partial charge in [0.05, 0.1) is 17.0 Å². The lowest BCUT2D eigenvalue weighted by Crippen LogP contribution is -2.34. The first-order chi connectivity index (χ1) is 10.2. The van der Waals surface area contributed by atoms with Crippen LogP contribution >= 0.6 is 0 Å². The summed E-state index contributed by atoms with van der Waals surface area (Å²) in [5.41, 5.74) is 0.956. The molecule has 1 aromatic rings. The molecule has 0 spiro atoms. The maximum atomic E-state index is 11.0. The van der Waals surface area contributed by atoms with E-state index in [-0.39, 0.29) is 28.7 Å². The van der Waals surface area contributed by atoms with Crippen LogP contribution in [0.4, 0.5) is 0 Å². The van der Waals surface area contributed by atoms with E-state index in [1.807, 2.05) is 13.8 Å². The number of rotatable bonds is 3. The summed E-state index contributed by atoms with van der Waals surface area (Å²) in [6.45, 7) is 5.96. The number of β-amino-alcohol motifs (C(OH)–C–C–N with tert-alkyl or cyclic N) is 1. The minimum atomic E-state index is -4.02. The van der Waals surface area contributed by atoms with Gasteiger partial charge in [-0.1, -0.05) is 24.6 Å². The molecule has 1 aliphatic rings. The Morgan fingerprint density at radius 1 is 1.32 bits per heavy atom. The molecule has 2 rings (SSSR count). The molecule has 124 valence electrons. The first kappa shape index (κ1) is 18.8. The zero-order chi connectivity index (χ0) is 16.9. The fourth-order valence-electron chi connectivity index (χ4n) is 2.44. The highest BCUT2D eigenvalue weighted by atomic mass is 32.2. The van der Waals surface area contributed by atoms with Crippen molar-refractivity contribution in [2.24, 2.45) is 5.92 Å². The summed E-state index contributed by atoms with van der Waals surface area (Å²) in [6, 6.07) is 5.87. The first-order valence-electron chi connectivity index (χ1n) is 7.12. The molecule has 3 atom stereocenters. The molecule has 0 bridgehead atoms. The highest BCUT2D eigenvalue weighted by molar-refractivity contribution is 7.85. The van der Waals surface area contributed by atoms with Gasteiger partial charge in [-0.05, 0) is 32.4 Å². The van der Waals surface area contributed by atoms with Gasteiger partial charge in [-0.25, -0.2) is 0 Å². The van der Waals surface area contributed by atoms with Crippen molar-refractivity contribution in [2.45, 2.75) is 44.2 Å². The third-order valence-corrected chi connectivity index (χ3v) is 4.57. The summed E-state index contributed by atoms with van der Waals surface area (Å²) in [7, 11) is -4.02. The van der Waals surface area contributed by atoms with Crippen molar-refractivity contribution in [3.05, 3.63) is 29.8 Å². The van der Waals surface area contributed by atoms with Crippen molar-refractivity contribution in [3.63, 3.8) is 0 Å². The molecule has 0 aliphatic carbocycles. The molecule has 1 aromatic carbocycles. The van der Waals surface area contributed by atoms with Crippen LogP contribution in [0, 0.1) is 12.8 Å². The van der Waals surface area contributed by atoms with Crippen LogP contribution < -0.4 is 5.32 Å². The Bertz CT molecular complexity index is 597. The molecule has 0 amide bonds. The maximum absolute atomic E-state index is 11.0. The van der Waals surface area contributed by atoms with Crippen LogP contribution in [0.15, 0.2) is 29.2 Å². The van der Waals surface area contributed by atoms with Crippen LogP contribution in [0.1, 0.15) is 25.8 Å². The van der Waals surface area contributed by atoms with Crippen LogP contribution in [0.5, 0.6) is 0 Å². The minimum absolute atomic E-state index is 0.0666. The Labute approximate surface area is 131 Å². The number of nitrogens with one attached hydrogen (secondary N) is 1. The number of ketones is 1. The largest absolute Gasteiger partial charge is 0.391 e. The standard InChI is InChI=1S/C8H15NO2.C7H8O3S/c1-3-6-7(11)4-9-8(6)5(2)10;1-6-2-4-7(5-3-6)11(8,9)10/h6-9,11H,3-4H2,1-2H3;2-5H,1H3,(H,8,9,10)/t6-,7+,8-;/m1./s1. The average Bonchev–Trinajstić information content (AvgIpc) is 2.80. The number of hydrogen-bond donors (Lipinski definition) is 3. The Hall–Kier alpha value is -1.28. The van der Waals surface area contributed by atoms with Gasteiger partial charge in [-0.3, -0.25) is 9.35 Å². The van der Waals surface area contributed by atoms with E-state index in [1.54, 1.807) is 19.1 Å². The number of hydrogen-bond acceptors (Lipinski definition) is 5. The van der Waals surface area contributed by atoms with E-state index in [1.165, 1.54) is 12.1 Å². The van der Waals surface area contributed by atoms with Gasteiger partial charge < -0.3 is 10.4 Å². The number of carbonyl (C=O) groups is 1. The third-order valence-electron chi connectivity index (χ3n) is 3.70. The third kappa shape index (κ3) is 5.17. The number of aliphatic hydroxyl groups excluding tert-OH is 1. The SMILES string of the molecule is CC[C@H]1[C@@H](C(C)=O)NC[C@@H]1O.Cc1ccc(S(=O)(=O)O)cc1. The van der Waals surface area contributed by atoms with Gasteiger partial charge in [0.2, 0.25) is 0 Å². The van der Waals surface area contributed by atoms with E-state index < -0.39 is 10.1 Å². The van der Waals surface area contributed by atoms with Gasteiger partial charge >= 0.3 is 0 Å². The Kier molecular flexibility index (Phi) is 6.67. The van der Waals surface area contributed by atoms with E-state index >= 15 is 0 Å². The fourth-order valence-corrected chi connectivity index (χ4v) is 2.92. The molecule has 1 heterocycles. The number of carbonyl (C=O) groups excluding carboxylic acids is 1. The zero-order valence-electron chi connectivity index (χ0n) is 13.0. The maximum Gasteiger partial charge on any atom is 0.294 e. The zero-order valence-corrected chi connectivity index (χ0v) is 13.8. The molecular formula is C15H23NO5S. The molecule has 22 heavy (non-hydrogen) atoms. The van der Waals surface area contributed by atoms with Crippen molar-refractivity contribution in [1.29, 1.82) is 0 Å². The van der Waals surface area contributed by atoms with E-state index in [4.69, 9.17) is 4.55 Å². The fraction of sp³-hybridized carbons (Fsp3) is 0.533. The minimum Gasteiger partial charge on any atom is -0.391 e. The molecule has 6 nitrogen and oxygen atoms in total. The summed E-state index contributed by atoms with van der Waals surface area (Å²) >= 11 is 0. The molecular weight excluding hydrogens is 306 g/mol. The van der Waals surface area contributed by atoms with E-state index in [2.05, 4.69) is 5.32 Å². The van der Waals surface area contributed by atoms with Gasteiger partial charge in [0.15, 0.2) is 0 Å². The summed E-state index contributed by atoms with van der Waals surface area (Å²) in [4.78, 5) is 10.9. The Balaban J connectivity index is 0.000000220. The van der Waals surface area contributed by atoms with E-state index in [9.17, 15) is 18.3 Å². The monoisotopic (exact) mass is 329 g/mol. The highest BCUT2D eigenvalue weighted by Crippen LogP contribution is 2.20. The summed E-state index contributed by atoms with van der Waals surface area (Å²) in [6.07, 6.45) is 0.521. The molecule has 1 saturated heterocycles. The number of aryl methyl sites for hydroxylation is 1. The lowest BCUT2D eigenvalue weighted by atomic mass is 9.93. The van der Waals surface area contributed by atoms with Crippen LogP contribution in [-0.2, 0) is 14.9 Å². The van der Waals surface area contributed by atoms with Crippen molar-refractivity contribution in [3.8, 4) is 0 Å². The second kappa shape index (κ2) is 7.82. The van der Waals surface area contributed by atoms with Gasteiger partial charge in [-0.2, -0.15) is 8.42 Å². The first-order valence-corrected chi connectivity index (χ1v) is 8.56. The van der Waals surface area contributed by atoms with Crippen LogP contribution in [0.3, 0.4) is 0 Å². The lowest BCUT2D eigenvalue weighted by Gasteiger charge is -2.16. The van der Waals surface area contributed by atoms with Crippen LogP contribution in [0.25, 0.3) is 0 Å². The summed E-state index contributed by atoms with van der Waals surface area (Å²) in [5, 5.41) is 12.4. The van der Waals surface area contributed by atoms with E-state index in [0.717, 1.165) is 12.0 Å². The average molecular weight is 329 g/mol. The van der Waals surface area contributed by atoms with Crippen LogP contribution in [-0.4, -0.2) is 42.6 Å². The molecule has 0 aromatic heterocycles. The number of Topliss-reactive ketones (excluding diaryl/α,β-unsaturated/α-hetero) is 1. The molecule has 7 heteroatoms. The Morgan fingerprint density at radius 3 is 2.23 bits per heavy atom. The van der Waals surface area contributed by atoms with Crippen molar-refractivity contribution in [2.75, 3.05) is 6.54 Å². The second-order valence-corrected chi connectivity index (χ2v) is 6.85. The smallest absolute Gasteiger partial charge is 0.294 e. The predicted octanol–water partition coefficient (Wildman–Crippen LogP) is 1.18. The lowest BCUT2D eigenvalue weighted by molar-refractivity contribution is -0.119. The summed E-state index contributed by atoms with van der Waals surface area (Å²) in [5.74, 6) is 0.251. The molecule has 1 fully saturated rings. The Morgan fingerprint density at radius 2 is 1.86 bits per heavy atom. The van der Waals surface area contributed by atoms with Crippen molar-refractivity contribution < 1.29 is 22.9 Å². The number of aliphatic hydroxyl groups is 1. The van der Waals surface area contributed by atoms with Gasteiger partial charge in [0.1, 0.15) is 5.78 Å². The second-order valence-electron chi connectivity index (χ2n) is 5.42. The topological polar surface area (TPSA) is 104 Å². The normalized spacial score (nSPS) is 24.5. The molecule has 0 saturated carbocycles. The quantitative estimate of drug-likeness (QED) is 0.719. The molecule has 1 aliphatic heterocycles. The van der Waals surface area contributed by atoms with E-state index in [0.29, 0.717) is 6.54 Å². The van der Waals surface area contributed by atoms with Crippen LogP contribution in [0.2, 0.25) is 0 Å². The predicted molar refractivity (Wildman–Crippen MR) is 83.3 cm³/mol. The van der Waals surface area contributed by atoms with Gasteiger partial charge in [-0.15, -0.1) is 0 Å². The van der Waals surface area contributed by atoms with Crippen molar-refractivity contribution in [1.82, 2.24) is 5.32 Å². The van der Waals surface area contributed by atoms with Crippen molar-refractivity contribution >= 4 is 15.9 Å². The molecule has 3 N–H and O–H groups in total. The molecule has 0 unspecified atom stereocenters.